The third-order valence-electron chi connectivity index (χ3n) is 25.8. The first-order chi connectivity index (χ1) is 67.4. The maximum absolute atomic E-state index is 5.32. The number of fused-ring (bicyclic) bond motifs is 15. The van der Waals surface area contributed by atoms with Crippen molar-refractivity contribution >= 4 is 109 Å². The Morgan fingerprint density at radius 1 is 0.132 bits per heavy atom. The van der Waals surface area contributed by atoms with Crippen LogP contribution in [0.25, 0.3) is 254 Å². The molecular formula is C127H81N9. The van der Waals surface area contributed by atoms with Gasteiger partial charge in [-0.2, -0.15) is 0 Å². The molecule has 0 saturated carbocycles. The molecule has 9 heteroatoms. The van der Waals surface area contributed by atoms with E-state index in [0.29, 0.717) is 5.82 Å². The molecule has 0 aliphatic heterocycles. The average molecular weight is 1730 g/mol. The molecule has 136 heavy (non-hydrogen) atoms. The lowest BCUT2D eigenvalue weighted by Crippen LogP contribution is -1.96. The third kappa shape index (κ3) is 15.7. The van der Waals surface area contributed by atoms with Crippen molar-refractivity contribution in [3.05, 3.63) is 492 Å². The second-order valence-electron chi connectivity index (χ2n) is 34.2. The molecule has 18 aromatic carbocycles. The van der Waals surface area contributed by atoms with E-state index >= 15 is 0 Å². The Bertz CT molecular complexity index is 9030. The second kappa shape index (κ2) is 35.5. The van der Waals surface area contributed by atoms with Crippen LogP contribution in [0.15, 0.2) is 492 Å². The van der Waals surface area contributed by atoms with Crippen molar-refractivity contribution in [3.8, 4) is 146 Å². The maximum Gasteiger partial charge on any atom is 0.160 e. The normalized spacial score (nSPS) is 11.4. The van der Waals surface area contributed by atoms with Crippen LogP contribution in [0.3, 0.4) is 0 Å². The summed E-state index contributed by atoms with van der Waals surface area (Å²) in [5.41, 5.74) is 33.0. The zero-order chi connectivity index (χ0) is 90.2. The minimum atomic E-state index is 0.693. The molecule has 0 atom stereocenters. The quantitative estimate of drug-likeness (QED) is 0.104. The fourth-order valence-electron chi connectivity index (χ4n) is 19.3. The summed E-state index contributed by atoms with van der Waals surface area (Å²) in [6.07, 6.45) is 3.68. The minimum Gasteiger partial charge on any atom is -0.254 e. The number of hydrogen-bond acceptors (Lipinski definition) is 9. The van der Waals surface area contributed by atoms with Gasteiger partial charge >= 0.3 is 0 Å². The van der Waals surface area contributed by atoms with E-state index in [1.807, 2.05) is 91.3 Å². The second-order valence-corrected chi connectivity index (χ2v) is 34.2. The highest BCUT2D eigenvalue weighted by Gasteiger charge is 2.23. The molecule has 0 radical (unpaired) electrons. The van der Waals surface area contributed by atoms with Crippen LogP contribution < -0.4 is 0 Å². The lowest BCUT2D eigenvalue weighted by Gasteiger charge is -2.15. The van der Waals surface area contributed by atoms with Gasteiger partial charge in [-0.25, -0.2) is 34.9 Å². The van der Waals surface area contributed by atoms with Crippen LogP contribution in [0.5, 0.6) is 0 Å². The van der Waals surface area contributed by atoms with E-state index in [0.717, 1.165) is 205 Å². The molecule has 8 heterocycles. The third-order valence-corrected chi connectivity index (χ3v) is 25.8. The molecule has 0 amide bonds. The smallest absolute Gasteiger partial charge is 0.160 e. The minimum absolute atomic E-state index is 0.693. The number of aromatic nitrogens is 9. The number of hydrogen-bond donors (Lipinski definition) is 0. The van der Waals surface area contributed by atoms with E-state index in [1.165, 1.54) is 43.3 Å². The number of benzene rings is 18. The van der Waals surface area contributed by atoms with E-state index in [4.69, 9.17) is 39.9 Å². The van der Waals surface area contributed by atoms with Gasteiger partial charge in [0, 0.05) is 94.6 Å². The molecular weight excluding hydrogens is 1650 g/mol. The highest BCUT2D eigenvalue weighted by Crippen LogP contribution is 2.46. The highest BCUT2D eigenvalue weighted by molar-refractivity contribution is 6.19. The molecule has 0 unspecified atom stereocenters. The van der Waals surface area contributed by atoms with Crippen molar-refractivity contribution in [1.82, 2.24) is 44.9 Å². The van der Waals surface area contributed by atoms with Gasteiger partial charge in [0.25, 0.3) is 0 Å². The van der Waals surface area contributed by atoms with Crippen LogP contribution in [-0.2, 0) is 0 Å². The van der Waals surface area contributed by atoms with Gasteiger partial charge < -0.3 is 0 Å². The first-order valence-corrected chi connectivity index (χ1v) is 45.8. The van der Waals surface area contributed by atoms with Crippen molar-refractivity contribution in [1.29, 1.82) is 0 Å². The average Bonchev–Trinajstić information content (AvgIpc) is 0.721. The summed E-state index contributed by atoms with van der Waals surface area (Å²) in [7, 11) is 0. The fraction of sp³-hybridized carbons (Fsp3) is 0. The Balaban J connectivity index is 0.000000113. The molecule has 0 spiro atoms. The van der Waals surface area contributed by atoms with Crippen LogP contribution in [0.1, 0.15) is 0 Å². The Morgan fingerprint density at radius 3 is 0.816 bits per heavy atom. The largest absolute Gasteiger partial charge is 0.254 e. The summed E-state index contributed by atoms with van der Waals surface area (Å²) >= 11 is 0. The fourth-order valence-corrected chi connectivity index (χ4v) is 19.3. The highest BCUT2D eigenvalue weighted by atomic mass is 14.9. The number of rotatable bonds is 13. The Kier molecular flexibility index (Phi) is 21.1. The van der Waals surface area contributed by atoms with Gasteiger partial charge in [-0.3, -0.25) is 9.97 Å². The molecule has 0 saturated heterocycles. The van der Waals surface area contributed by atoms with E-state index < -0.39 is 0 Å². The molecule has 8 aromatic heterocycles. The van der Waals surface area contributed by atoms with E-state index in [-0.39, 0.29) is 0 Å². The van der Waals surface area contributed by atoms with Gasteiger partial charge in [-0.05, 0) is 191 Å². The molecule has 0 aliphatic rings. The number of pyridine rings is 7. The van der Waals surface area contributed by atoms with Gasteiger partial charge in [0.05, 0.1) is 78.5 Å². The van der Waals surface area contributed by atoms with E-state index in [9.17, 15) is 0 Å². The lowest BCUT2D eigenvalue weighted by molar-refractivity contribution is 1.18. The zero-order valence-corrected chi connectivity index (χ0v) is 73.8. The monoisotopic (exact) mass is 1730 g/mol. The summed E-state index contributed by atoms with van der Waals surface area (Å²) in [4.78, 5) is 45.5. The molecule has 0 bridgehead atoms. The molecule has 634 valence electrons. The maximum atomic E-state index is 5.32. The molecule has 0 fully saturated rings. The summed E-state index contributed by atoms with van der Waals surface area (Å²) in [6, 6.07) is 168. The van der Waals surface area contributed by atoms with Gasteiger partial charge in [-0.15, -0.1) is 0 Å². The van der Waals surface area contributed by atoms with Gasteiger partial charge in [0.1, 0.15) is 0 Å². The Labute approximate surface area is 785 Å². The molecule has 26 aromatic rings. The summed E-state index contributed by atoms with van der Waals surface area (Å²) in [6.45, 7) is 0. The molecule has 0 N–H and O–H groups in total. The molecule has 9 nitrogen and oxygen atoms in total. The van der Waals surface area contributed by atoms with Crippen LogP contribution in [-0.4, -0.2) is 44.9 Å². The van der Waals surface area contributed by atoms with E-state index in [1.54, 1.807) is 0 Å². The predicted molar refractivity (Wildman–Crippen MR) is 565 cm³/mol. The molecule has 0 aliphatic carbocycles. The summed E-state index contributed by atoms with van der Waals surface area (Å²) < 4.78 is 0. The first-order valence-electron chi connectivity index (χ1n) is 45.8. The lowest BCUT2D eigenvalue weighted by atomic mass is 9.91. The summed E-state index contributed by atoms with van der Waals surface area (Å²) in [5, 5.41) is 15.0. The standard InChI is InChI=1S/C49H31N3.C41H27N3.C37H23N3/c1-4-14-33(15-5-1)43-26-24-38-30-41(40-25-28-44(34-16-6-2-7-17-34)52-49(40)48(38)51-43)36-20-12-21-37(29-36)42-31-46(35-18-8-3-9-19-35)50-45-27-23-32-13-10-11-22-39(32)47(42)45;1-4-14-29(15-5-1)37-26-35(40-34-22-11-10-13-28(34)23-24-36(40)42-37)32-20-12-21-33(25-32)41-43-38(30-16-6-2-7-17-30)27-39(44-41)31-18-8-3-9-19-31;1-2-10-25(11-3-1)34-23-32(35-29-15-5-4-9-24(29)17-18-33(35)40-34)27-13-6-12-26(21-27)31-22-28-14-7-19-38-36(28)37-30(31)16-8-20-39-37/h1-31H;1-27H;1-23H. The van der Waals surface area contributed by atoms with Gasteiger partial charge in [-0.1, -0.05) is 376 Å². The van der Waals surface area contributed by atoms with Crippen molar-refractivity contribution in [2.75, 3.05) is 0 Å². The predicted octanol–water partition coefficient (Wildman–Crippen LogP) is 32.8. The SMILES string of the molecule is c1ccc(-c2cc(-c3cccc(-c4cc5ccc(-c6ccccc6)nc5c5nc(-c6ccccc6)ccc45)c3)c3c(ccc4ccccc43)n2)cc1.c1ccc(-c2cc(-c3cccc(-c4cc5cccnc5c5ncccc45)c3)c3c(ccc4ccccc43)n2)cc1.c1ccc(-c2cc(-c3ccccc3)nc(-c3cccc(-c4cc(-c5ccccc5)nc5ccc6ccccc6c45)c3)n2)cc1. The van der Waals surface area contributed by atoms with Crippen molar-refractivity contribution in [3.63, 3.8) is 0 Å². The van der Waals surface area contributed by atoms with Crippen LogP contribution >= 0.6 is 0 Å². The Hall–Kier alpha value is -18.3. The first kappa shape index (κ1) is 81.0. The Morgan fingerprint density at radius 2 is 0.412 bits per heavy atom. The van der Waals surface area contributed by atoms with Gasteiger partial charge in [0.2, 0.25) is 0 Å². The van der Waals surface area contributed by atoms with Crippen molar-refractivity contribution < 1.29 is 0 Å². The molecule has 26 rings (SSSR count). The zero-order valence-electron chi connectivity index (χ0n) is 73.8. The van der Waals surface area contributed by atoms with Gasteiger partial charge in [0.15, 0.2) is 5.82 Å². The van der Waals surface area contributed by atoms with Crippen LogP contribution in [0.2, 0.25) is 0 Å². The van der Waals surface area contributed by atoms with E-state index in [2.05, 4.69) is 405 Å². The van der Waals surface area contributed by atoms with Crippen molar-refractivity contribution in [2.45, 2.75) is 0 Å². The topological polar surface area (TPSA) is 116 Å². The van der Waals surface area contributed by atoms with Crippen molar-refractivity contribution in [2.24, 2.45) is 0 Å². The van der Waals surface area contributed by atoms with Crippen LogP contribution in [0.4, 0.5) is 0 Å². The summed E-state index contributed by atoms with van der Waals surface area (Å²) in [5.74, 6) is 0.693. The van der Waals surface area contributed by atoms with Crippen LogP contribution in [0, 0.1) is 0 Å². The number of nitrogens with zero attached hydrogens (tertiary/aromatic N) is 9.